The SMILES string of the molecule is COc1cc(C(C)N)cc2ccccc12.Cl. The highest BCUT2D eigenvalue weighted by Gasteiger charge is 2.06. The number of fused-ring (bicyclic) bond motifs is 1. The van der Waals surface area contributed by atoms with Crippen LogP contribution in [0.4, 0.5) is 0 Å². The van der Waals surface area contributed by atoms with Crippen LogP contribution in [0.1, 0.15) is 18.5 Å². The second kappa shape index (κ2) is 5.19. The molecule has 2 aromatic rings. The molecule has 0 bridgehead atoms. The Morgan fingerprint density at radius 1 is 1.19 bits per heavy atom. The molecule has 0 fully saturated rings. The summed E-state index contributed by atoms with van der Waals surface area (Å²) in [6.07, 6.45) is 0. The molecule has 0 radical (unpaired) electrons. The first-order chi connectivity index (χ1) is 7.22. The van der Waals surface area contributed by atoms with E-state index in [1.54, 1.807) is 7.11 Å². The maximum Gasteiger partial charge on any atom is 0.127 e. The molecule has 0 spiro atoms. The molecule has 2 rings (SSSR count). The van der Waals surface area contributed by atoms with Gasteiger partial charge in [-0.3, -0.25) is 0 Å². The van der Waals surface area contributed by atoms with Crippen LogP contribution in [0.25, 0.3) is 10.8 Å². The molecule has 1 unspecified atom stereocenters. The Morgan fingerprint density at radius 3 is 2.50 bits per heavy atom. The molecule has 2 aromatic carbocycles. The van der Waals surface area contributed by atoms with Crippen LogP contribution in [0.3, 0.4) is 0 Å². The van der Waals surface area contributed by atoms with Crippen molar-refractivity contribution in [2.24, 2.45) is 5.73 Å². The first kappa shape index (κ1) is 12.8. The van der Waals surface area contributed by atoms with Gasteiger partial charge in [0.25, 0.3) is 0 Å². The minimum Gasteiger partial charge on any atom is -0.496 e. The predicted octanol–water partition coefficient (Wildman–Crippen LogP) is 3.29. The fraction of sp³-hybridized carbons (Fsp3) is 0.231. The Bertz CT molecular complexity index is 482. The molecule has 0 amide bonds. The Hall–Kier alpha value is -1.25. The molecule has 16 heavy (non-hydrogen) atoms. The van der Waals surface area contributed by atoms with Gasteiger partial charge in [0.05, 0.1) is 7.11 Å². The lowest BCUT2D eigenvalue weighted by Crippen LogP contribution is -2.05. The molecule has 2 N–H and O–H groups in total. The third-order valence-corrected chi connectivity index (χ3v) is 2.59. The van der Waals surface area contributed by atoms with Gasteiger partial charge in [-0.1, -0.05) is 24.3 Å². The number of benzene rings is 2. The number of rotatable bonds is 2. The monoisotopic (exact) mass is 237 g/mol. The number of ether oxygens (including phenoxy) is 1. The van der Waals surface area contributed by atoms with Crippen LogP contribution >= 0.6 is 12.4 Å². The van der Waals surface area contributed by atoms with Crippen LogP contribution in [0.15, 0.2) is 36.4 Å². The minimum atomic E-state index is 0. The van der Waals surface area contributed by atoms with Crippen molar-refractivity contribution < 1.29 is 4.74 Å². The molecule has 1 atom stereocenters. The zero-order valence-corrected chi connectivity index (χ0v) is 10.3. The smallest absolute Gasteiger partial charge is 0.127 e. The van der Waals surface area contributed by atoms with Crippen molar-refractivity contribution >= 4 is 23.2 Å². The first-order valence-corrected chi connectivity index (χ1v) is 5.04. The third kappa shape index (κ3) is 2.29. The summed E-state index contributed by atoms with van der Waals surface area (Å²) in [7, 11) is 1.69. The van der Waals surface area contributed by atoms with Gasteiger partial charge in [0.1, 0.15) is 5.75 Å². The van der Waals surface area contributed by atoms with E-state index >= 15 is 0 Å². The van der Waals surface area contributed by atoms with E-state index in [4.69, 9.17) is 10.5 Å². The van der Waals surface area contributed by atoms with Crippen molar-refractivity contribution in [3.63, 3.8) is 0 Å². The van der Waals surface area contributed by atoms with Crippen LogP contribution in [0.5, 0.6) is 5.75 Å². The molecule has 0 aliphatic carbocycles. The first-order valence-electron chi connectivity index (χ1n) is 5.04. The molecule has 0 aliphatic heterocycles. The summed E-state index contributed by atoms with van der Waals surface area (Å²) in [5.41, 5.74) is 6.98. The average molecular weight is 238 g/mol. The predicted molar refractivity (Wildman–Crippen MR) is 70.4 cm³/mol. The lowest BCUT2D eigenvalue weighted by molar-refractivity contribution is 0.419. The highest BCUT2D eigenvalue weighted by molar-refractivity contribution is 5.89. The summed E-state index contributed by atoms with van der Waals surface area (Å²) < 4.78 is 5.36. The molecule has 0 aliphatic rings. The number of hydrogen-bond acceptors (Lipinski definition) is 2. The van der Waals surface area contributed by atoms with Gasteiger partial charge < -0.3 is 10.5 Å². The largest absolute Gasteiger partial charge is 0.496 e. The summed E-state index contributed by atoms with van der Waals surface area (Å²) in [6.45, 7) is 1.98. The lowest BCUT2D eigenvalue weighted by atomic mass is 10.0. The van der Waals surface area contributed by atoms with Crippen LogP contribution in [0.2, 0.25) is 0 Å². The molecule has 0 saturated heterocycles. The summed E-state index contributed by atoms with van der Waals surface area (Å²) >= 11 is 0. The van der Waals surface area contributed by atoms with E-state index in [1.165, 1.54) is 5.39 Å². The number of halogens is 1. The molecule has 0 aromatic heterocycles. The van der Waals surface area contributed by atoms with E-state index in [2.05, 4.69) is 18.2 Å². The van der Waals surface area contributed by atoms with E-state index in [-0.39, 0.29) is 18.4 Å². The van der Waals surface area contributed by atoms with Gasteiger partial charge in [0, 0.05) is 11.4 Å². The standard InChI is InChI=1S/C13H15NO.ClH/c1-9(14)11-7-10-5-3-4-6-12(10)13(8-11)15-2;/h3-9H,14H2,1-2H3;1H. The average Bonchev–Trinajstić information content (AvgIpc) is 2.27. The van der Waals surface area contributed by atoms with Crippen molar-refractivity contribution in [3.05, 3.63) is 42.0 Å². The second-order valence-electron chi connectivity index (χ2n) is 3.73. The van der Waals surface area contributed by atoms with Gasteiger partial charge in [0.2, 0.25) is 0 Å². The summed E-state index contributed by atoms with van der Waals surface area (Å²) in [5.74, 6) is 0.889. The van der Waals surface area contributed by atoms with Crippen LogP contribution in [-0.2, 0) is 0 Å². The molecule has 0 heterocycles. The fourth-order valence-electron chi connectivity index (χ4n) is 1.73. The number of hydrogen-bond donors (Lipinski definition) is 1. The van der Waals surface area contributed by atoms with Gasteiger partial charge in [-0.25, -0.2) is 0 Å². The zero-order valence-electron chi connectivity index (χ0n) is 9.44. The summed E-state index contributed by atoms with van der Waals surface area (Å²) in [5, 5.41) is 2.30. The molecule has 0 saturated carbocycles. The molecular formula is C13H16ClNO. The van der Waals surface area contributed by atoms with Gasteiger partial charge in [-0.2, -0.15) is 0 Å². The second-order valence-corrected chi connectivity index (χ2v) is 3.73. The van der Waals surface area contributed by atoms with Gasteiger partial charge >= 0.3 is 0 Å². The van der Waals surface area contributed by atoms with Crippen molar-refractivity contribution in [1.82, 2.24) is 0 Å². The van der Waals surface area contributed by atoms with Crippen molar-refractivity contribution in [2.45, 2.75) is 13.0 Å². The highest BCUT2D eigenvalue weighted by atomic mass is 35.5. The molecular weight excluding hydrogens is 222 g/mol. The Morgan fingerprint density at radius 2 is 1.88 bits per heavy atom. The van der Waals surface area contributed by atoms with E-state index in [1.807, 2.05) is 25.1 Å². The van der Waals surface area contributed by atoms with E-state index < -0.39 is 0 Å². The van der Waals surface area contributed by atoms with Crippen molar-refractivity contribution in [2.75, 3.05) is 7.11 Å². The van der Waals surface area contributed by atoms with Crippen LogP contribution in [0, 0.1) is 0 Å². The fourth-order valence-corrected chi connectivity index (χ4v) is 1.73. The minimum absolute atomic E-state index is 0. The number of methoxy groups -OCH3 is 1. The van der Waals surface area contributed by atoms with Gasteiger partial charge in [-0.15, -0.1) is 12.4 Å². The van der Waals surface area contributed by atoms with Gasteiger partial charge in [0.15, 0.2) is 0 Å². The third-order valence-electron chi connectivity index (χ3n) is 2.59. The summed E-state index contributed by atoms with van der Waals surface area (Å²) in [4.78, 5) is 0. The normalized spacial score (nSPS) is 11.9. The van der Waals surface area contributed by atoms with Crippen LogP contribution in [-0.4, -0.2) is 7.11 Å². The topological polar surface area (TPSA) is 35.2 Å². The van der Waals surface area contributed by atoms with E-state index in [0.29, 0.717) is 0 Å². The quantitative estimate of drug-likeness (QED) is 0.870. The Balaban J connectivity index is 0.00000128. The maximum atomic E-state index is 5.87. The highest BCUT2D eigenvalue weighted by Crippen LogP contribution is 2.29. The van der Waals surface area contributed by atoms with Crippen molar-refractivity contribution in [1.29, 1.82) is 0 Å². The summed E-state index contributed by atoms with van der Waals surface area (Å²) in [6, 6.07) is 12.3. The van der Waals surface area contributed by atoms with Crippen molar-refractivity contribution in [3.8, 4) is 5.75 Å². The van der Waals surface area contributed by atoms with Gasteiger partial charge in [-0.05, 0) is 30.0 Å². The van der Waals surface area contributed by atoms with Crippen LogP contribution < -0.4 is 10.5 Å². The molecule has 2 nitrogen and oxygen atoms in total. The lowest BCUT2D eigenvalue weighted by Gasteiger charge is -2.11. The van der Waals surface area contributed by atoms with E-state index in [9.17, 15) is 0 Å². The zero-order chi connectivity index (χ0) is 10.8. The maximum absolute atomic E-state index is 5.87. The molecule has 86 valence electrons. The Labute approximate surface area is 102 Å². The molecule has 3 heteroatoms. The Kier molecular flexibility index (Phi) is 4.16. The number of nitrogens with two attached hydrogens (primary N) is 1. The van der Waals surface area contributed by atoms with E-state index in [0.717, 1.165) is 16.7 Å².